The predicted molar refractivity (Wildman–Crippen MR) is 51.6 cm³/mol. The van der Waals surface area contributed by atoms with Crippen LogP contribution in [0.25, 0.3) is 0 Å². The number of hydrogen-bond acceptors (Lipinski definition) is 3. The quantitative estimate of drug-likeness (QED) is 0.490. The topological polar surface area (TPSA) is 69.1 Å². The highest BCUT2D eigenvalue weighted by Gasteiger charge is 1.85. The Hall–Kier alpha value is -1.51. The molecule has 0 aliphatic heterocycles. The number of para-hydroxylation sites is 2. The molecule has 0 atom stereocenters. The molecule has 4 N–H and O–H groups in total. The molecule has 0 spiro atoms. The summed E-state index contributed by atoms with van der Waals surface area (Å²) in [5.74, 6) is 0. The molecule has 0 aromatic heterocycles. The molecule has 1 aromatic rings. The zero-order valence-electron chi connectivity index (χ0n) is 7.16. The average Bonchev–Trinajstić information content (AvgIpc) is 2.11. The summed E-state index contributed by atoms with van der Waals surface area (Å²) in [5.41, 5.74) is 12.1. The molecule has 0 bridgehead atoms. The SMILES string of the molecule is CCC=O.Nc1ccccc1N. The lowest BCUT2D eigenvalue weighted by Crippen LogP contribution is -1.91. The van der Waals surface area contributed by atoms with Gasteiger partial charge in [0.15, 0.2) is 0 Å². The normalized spacial score (nSPS) is 8.08. The summed E-state index contributed by atoms with van der Waals surface area (Å²) in [4.78, 5) is 9.17. The summed E-state index contributed by atoms with van der Waals surface area (Å²) in [6.45, 7) is 1.81. The fourth-order valence-corrected chi connectivity index (χ4v) is 0.511. The van der Waals surface area contributed by atoms with Crippen LogP contribution < -0.4 is 11.5 Å². The number of anilines is 2. The molecule has 0 unspecified atom stereocenters. The lowest BCUT2D eigenvalue weighted by Gasteiger charge is -1.94. The van der Waals surface area contributed by atoms with E-state index in [-0.39, 0.29) is 0 Å². The Bertz CT molecular complexity index is 215. The third-order valence-corrected chi connectivity index (χ3v) is 1.16. The van der Waals surface area contributed by atoms with Crippen LogP contribution in [0.2, 0.25) is 0 Å². The molecule has 0 aliphatic carbocycles. The summed E-state index contributed by atoms with van der Waals surface area (Å²) < 4.78 is 0. The molecule has 0 amide bonds. The minimum Gasteiger partial charge on any atom is -0.397 e. The Labute approximate surface area is 72.4 Å². The van der Waals surface area contributed by atoms with Gasteiger partial charge in [-0.25, -0.2) is 0 Å². The fraction of sp³-hybridized carbons (Fsp3) is 0.222. The Balaban J connectivity index is 0.000000261. The second kappa shape index (κ2) is 6.22. The smallest absolute Gasteiger partial charge is 0.119 e. The summed E-state index contributed by atoms with van der Waals surface area (Å²) >= 11 is 0. The zero-order chi connectivity index (χ0) is 9.40. The number of benzene rings is 1. The van der Waals surface area contributed by atoms with E-state index in [1.165, 1.54) is 0 Å². The van der Waals surface area contributed by atoms with Crippen LogP contribution in [-0.4, -0.2) is 6.29 Å². The van der Waals surface area contributed by atoms with Crippen molar-refractivity contribution in [2.75, 3.05) is 11.5 Å². The molecule has 3 heteroatoms. The van der Waals surface area contributed by atoms with Crippen LogP contribution in [0.5, 0.6) is 0 Å². The van der Waals surface area contributed by atoms with E-state index >= 15 is 0 Å². The van der Waals surface area contributed by atoms with Gasteiger partial charge in [-0.05, 0) is 12.1 Å². The first-order chi connectivity index (χ1) is 5.72. The first kappa shape index (κ1) is 10.5. The number of nitrogens with two attached hydrogens (primary N) is 2. The average molecular weight is 166 g/mol. The van der Waals surface area contributed by atoms with E-state index in [1.54, 1.807) is 12.1 Å². The van der Waals surface area contributed by atoms with Gasteiger partial charge in [-0.15, -0.1) is 0 Å². The second-order valence-corrected chi connectivity index (χ2v) is 2.20. The van der Waals surface area contributed by atoms with E-state index in [1.807, 2.05) is 19.1 Å². The van der Waals surface area contributed by atoms with Gasteiger partial charge in [0.25, 0.3) is 0 Å². The molecule has 0 heterocycles. The van der Waals surface area contributed by atoms with Crippen molar-refractivity contribution in [2.45, 2.75) is 13.3 Å². The number of hydrogen-bond donors (Lipinski definition) is 2. The first-order valence-electron chi connectivity index (χ1n) is 3.76. The van der Waals surface area contributed by atoms with Crippen molar-refractivity contribution in [2.24, 2.45) is 0 Å². The number of nitrogen functional groups attached to an aromatic ring is 2. The maximum absolute atomic E-state index is 9.17. The van der Waals surface area contributed by atoms with Crippen LogP contribution in [0.15, 0.2) is 24.3 Å². The Morgan fingerprint density at radius 2 is 1.58 bits per heavy atom. The van der Waals surface area contributed by atoms with E-state index in [9.17, 15) is 4.79 Å². The minimum absolute atomic E-state index is 0.639. The van der Waals surface area contributed by atoms with Crippen molar-refractivity contribution >= 4 is 17.7 Å². The predicted octanol–water partition coefficient (Wildman–Crippen LogP) is 1.45. The zero-order valence-corrected chi connectivity index (χ0v) is 7.16. The second-order valence-electron chi connectivity index (χ2n) is 2.20. The molecule has 3 nitrogen and oxygen atoms in total. The highest BCUT2D eigenvalue weighted by atomic mass is 16.1. The van der Waals surface area contributed by atoms with Gasteiger partial charge in [-0.2, -0.15) is 0 Å². The van der Waals surface area contributed by atoms with Gasteiger partial charge in [0, 0.05) is 6.42 Å². The standard InChI is InChI=1S/C6H8N2.C3H6O/c7-5-3-1-2-4-6(5)8;1-2-3-4/h1-4H,7-8H2;3H,2H2,1H3. The van der Waals surface area contributed by atoms with Gasteiger partial charge in [0.1, 0.15) is 6.29 Å². The molecule has 0 aliphatic rings. The van der Waals surface area contributed by atoms with Crippen LogP contribution in [-0.2, 0) is 4.79 Å². The van der Waals surface area contributed by atoms with Crippen LogP contribution in [0.1, 0.15) is 13.3 Å². The Kier molecular flexibility index (Phi) is 5.43. The lowest BCUT2D eigenvalue weighted by atomic mass is 10.3. The van der Waals surface area contributed by atoms with Gasteiger partial charge < -0.3 is 16.3 Å². The van der Waals surface area contributed by atoms with Gasteiger partial charge in [-0.1, -0.05) is 19.1 Å². The Morgan fingerprint density at radius 1 is 1.25 bits per heavy atom. The third kappa shape index (κ3) is 4.33. The van der Waals surface area contributed by atoms with Crippen LogP contribution in [0.4, 0.5) is 11.4 Å². The summed E-state index contributed by atoms with van der Waals surface area (Å²) in [6, 6.07) is 7.25. The number of carbonyl (C=O) groups is 1. The van der Waals surface area contributed by atoms with E-state index in [4.69, 9.17) is 11.5 Å². The van der Waals surface area contributed by atoms with Crippen molar-refractivity contribution in [1.29, 1.82) is 0 Å². The van der Waals surface area contributed by atoms with Crippen LogP contribution in [0, 0.1) is 0 Å². The van der Waals surface area contributed by atoms with Crippen molar-refractivity contribution in [3.8, 4) is 0 Å². The third-order valence-electron chi connectivity index (χ3n) is 1.16. The maximum atomic E-state index is 9.17. The molecule has 12 heavy (non-hydrogen) atoms. The fourth-order valence-electron chi connectivity index (χ4n) is 0.511. The van der Waals surface area contributed by atoms with E-state index in [0.717, 1.165) is 6.29 Å². The highest BCUT2D eigenvalue weighted by Crippen LogP contribution is 2.10. The number of aldehydes is 1. The summed E-state index contributed by atoms with van der Waals surface area (Å²) in [7, 11) is 0. The summed E-state index contributed by atoms with van der Waals surface area (Å²) in [6.07, 6.45) is 1.51. The maximum Gasteiger partial charge on any atom is 0.119 e. The van der Waals surface area contributed by atoms with Crippen molar-refractivity contribution in [3.05, 3.63) is 24.3 Å². The number of carbonyl (C=O) groups excluding carboxylic acids is 1. The molecule has 0 saturated carbocycles. The van der Waals surface area contributed by atoms with Gasteiger partial charge in [-0.3, -0.25) is 0 Å². The van der Waals surface area contributed by atoms with Gasteiger partial charge in [0.05, 0.1) is 11.4 Å². The molecule has 0 radical (unpaired) electrons. The Morgan fingerprint density at radius 3 is 1.75 bits per heavy atom. The van der Waals surface area contributed by atoms with Gasteiger partial charge in [0.2, 0.25) is 0 Å². The van der Waals surface area contributed by atoms with Crippen molar-refractivity contribution in [3.63, 3.8) is 0 Å². The lowest BCUT2D eigenvalue weighted by molar-refractivity contribution is -0.107. The number of rotatable bonds is 1. The van der Waals surface area contributed by atoms with E-state index in [2.05, 4.69) is 0 Å². The van der Waals surface area contributed by atoms with Crippen molar-refractivity contribution in [1.82, 2.24) is 0 Å². The molecule has 66 valence electrons. The van der Waals surface area contributed by atoms with Crippen LogP contribution in [0.3, 0.4) is 0 Å². The van der Waals surface area contributed by atoms with Crippen molar-refractivity contribution < 1.29 is 4.79 Å². The van der Waals surface area contributed by atoms with Crippen LogP contribution >= 0.6 is 0 Å². The molecular formula is C9H14N2O. The van der Waals surface area contributed by atoms with Gasteiger partial charge >= 0.3 is 0 Å². The molecule has 1 rings (SSSR count). The molecular weight excluding hydrogens is 152 g/mol. The monoisotopic (exact) mass is 166 g/mol. The van der Waals surface area contributed by atoms with E-state index in [0.29, 0.717) is 17.8 Å². The largest absolute Gasteiger partial charge is 0.397 e. The first-order valence-corrected chi connectivity index (χ1v) is 3.76. The minimum atomic E-state index is 0.639. The molecule has 0 saturated heterocycles. The summed E-state index contributed by atoms with van der Waals surface area (Å²) in [5, 5.41) is 0. The van der Waals surface area contributed by atoms with E-state index < -0.39 is 0 Å². The highest BCUT2D eigenvalue weighted by molar-refractivity contribution is 5.62. The molecule has 0 fully saturated rings. The molecule has 1 aromatic carbocycles.